The second-order valence-corrected chi connectivity index (χ2v) is 6.03. The van der Waals surface area contributed by atoms with Crippen molar-refractivity contribution in [2.24, 2.45) is 0 Å². The highest BCUT2D eigenvalue weighted by Crippen LogP contribution is 2.33. The average molecular weight is 268 g/mol. The van der Waals surface area contributed by atoms with Crippen LogP contribution in [0.25, 0.3) is 10.2 Å². The Morgan fingerprint density at radius 2 is 2.35 bits per heavy atom. The number of aryl methyl sites for hydroxylation is 1. The number of hydrogen-bond acceptors (Lipinski definition) is 5. The van der Waals surface area contributed by atoms with Gasteiger partial charge in [-0.15, -0.1) is 11.3 Å². The van der Waals surface area contributed by atoms with Gasteiger partial charge >= 0.3 is 5.97 Å². The molecule has 0 saturated carbocycles. The summed E-state index contributed by atoms with van der Waals surface area (Å²) in [6, 6.07) is 2.01. The molecule has 0 radical (unpaired) electrons. The molecule has 0 fully saturated rings. The van der Waals surface area contributed by atoms with Gasteiger partial charge < -0.3 is 5.11 Å². The molecule has 90 valence electrons. The minimum atomic E-state index is -0.795. The number of thioether (sulfide) groups is 1. The van der Waals surface area contributed by atoms with Crippen molar-refractivity contribution in [3.8, 4) is 0 Å². The van der Waals surface area contributed by atoms with E-state index >= 15 is 0 Å². The number of carbonyl (C=O) groups is 1. The standard InChI is InChI=1S/C11H12N2O2S2/c1-3-8(11(14)15)17-10-7-4-6(2)16-9(7)12-5-13-10/h4-5,8H,3H2,1-2H3,(H,14,15). The number of aromatic nitrogens is 2. The number of hydrogen-bond donors (Lipinski definition) is 1. The van der Waals surface area contributed by atoms with Crippen LogP contribution in [0.3, 0.4) is 0 Å². The molecule has 0 aliphatic carbocycles. The van der Waals surface area contributed by atoms with E-state index in [9.17, 15) is 4.79 Å². The molecule has 1 atom stereocenters. The van der Waals surface area contributed by atoms with Gasteiger partial charge in [0.15, 0.2) is 0 Å². The minimum Gasteiger partial charge on any atom is -0.480 e. The van der Waals surface area contributed by atoms with Gasteiger partial charge in [-0.25, -0.2) is 9.97 Å². The quantitative estimate of drug-likeness (QED) is 0.682. The van der Waals surface area contributed by atoms with Crippen molar-refractivity contribution < 1.29 is 9.90 Å². The molecule has 0 saturated heterocycles. The molecule has 1 N–H and O–H groups in total. The van der Waals surface area contributed by atoms with Crippen molar-refractivity contribution in [2.75, 3.05) is 0 Å². The van der Waals surface area contributed by atoms with E-state index in [-0.39, 0.29) is 0 Å². The van der Waals surface area contributed by atoms with E-state index in [2.05, 4.69) is 9.97 Å². The molecule has 1 unspecified atom stereocenters. The van der Waals surface area contributed by atoms with E-state index in [0.717, 1.165) is 20.1 Å². The highest BCUT2D eigenvalue weighted by molar-refractivity contribution is 8.00. The smallest absolute Gasteiger partial charge is 0.317 e. The van der Waals surface area contributed by atoms with Crippen LogP contribution in [0.1, 0.15) is 18.2 Å². The summed E-state index contributed by atoms with van der Waals surface area (Å²) < 4.78 is 0. The molecule has 2 heterocycles. The third-order valence-corrected chi connectivity index (χ3v) is 4.64. The Morgan fingerprint density at radius 1 is 1.59 bits per heavy atom. The van der Waals surface area contributed by atoms with Crippen molar-refractivity contribution in [1.29, 1.82) is 0 Å². The molecule has 2 aromatic rings. The van der Waals surface area contributed by atoms with Crippen molar-refractivity contribution in [1.82, 2.24) is 9.97 Å². The fraction of sp³-hybridized carbons (Fsp3) is 0.364. The Hall–Kier alpha value is -1.14. The first-order valence-corrected chi connectivity index (χ1v) is 6.92. The summed E-state index contributed by atoms with van der Waals surface area (Å²) in [4.78, 5) is 21.5. The van der Waals surface area contributed by atoms with E-state index < -0.39 is 11.2 Å². The SMILES string of the molecule is CCC(Sc1ncnc2sc(C)cc12)C(=O)O. The lowest BCUT2D eigenvalue weighted by atomic mass is 10.3. The molecule has 2 aromatic heterocycles. The van der Waals surface area contributed by atoms with Crippen LogP contribution in [0.2, 0.25) is 0 Å². The molecule has 0 aromatic carbocycles. The van der Waals surface area contributed by atoms with Crippen molar-refractivity contribution >= 4 is 39.3 Å². The Kier molecular flexibility index (Phi) is 3.63. The number of aliphatic carboxylic acids is 1. The van der Waals surface area contributed by atoms with Crippen LogP contribution in [0.4, 0.5) is 0 Å². The van der Waals surface area contributed by atoms with Crippen molar-refractivity contribution in [3.05, 3.63) is 17.3 Å². The first-order chi connectivity index (χ1) is 8.11. The zero-order valence-corrected chi connectivity index (χ0v) is 11.1. The number of carboxylic acid groups (broad SMARTS) is 1. The van der Waals surface area contributed by atoms with Gasteiger partial charge in [0.1, 0.15) is 21.4 Å². The maximum atomic E-state index is 11.0. The summed E-state index contributed by atoms with van der Waals surface area (Å²) in [5, 5.41) is 10.3. The first-order valence-electron chi connectivity index (χ1n) is 5.22. The summed E-state index contributed by atoms with van der Waals surface area (Å²) in [5.74, 6) is -0.795. The van der Waals surface area contributed by atoms with E-state index in [1.54, 1.807) is 11.3 Å². The van der Waals surface area contributed by atoms with Gasteiger partial charge in [0.2, 0.25) is 0 Å². The summed E-state index contributed by atoms with van der Waals surface area (Å²) in [6.07, 6.45) is 2.07. The second-order valence-electron chi connectivity index (χ2n) is 3.61. The number of nitrogens with zero attached hydrogens (tertiary/aromatic N) is 2. The lowest BCUT2D eigenvalue weighted by Crippen LogP contribution is -2.14. The highest BCUT2D eigenvalue weighted by Gasteiger charge is 2.19. The first kappa shape index (κ1) is 12.3. The molecular formula is C11H12N2O2S2. The Balaban J connectivity index is 2.38. The fourth-order valence-electron chi connectivity index (χ4n) is 1.49. The molecule has 0 aliphatic rings. The van der Waals surface area contributed by atoms with Crippen LogP contribution in [-0.2, 0) is 4.79 Å². The van der Waals surface area contributed by atoms with Crippen LogP contribution in [0, 0.1) is 6.92 Å². The molecule has 0 aliphatic heterocycles. The largest absolute Gasteiger partial charge is 0.480 e. The third kappa shape index (κ3) is 2.58. The average Bonchev–Trinajstić information content (AvgIpc) is 2.66. The number of carboxylic acids is 1. The molecule has 0 amide bonds. The van der Waals surface area contributed by atoms with Crippen LogP contribution in [0.15, 0.2) is 17.4 Å². The summed E-state index contributed by atoms with van der Waals surface area (Å²) in [7, 11) is 0. The predicted octanol–water partition coefficient (Wildman–Crippen LogP) is 2.96. The summed E-state index contributed by atoms with van der Waals surface area (Å²) in [5.41, 5.74) is 0. The fourth-order valence-corrected chi connectivity index (χ4v) is 3.33. The Morgan fingerprint density at radius 3 is 3.00 bits per heavy atom. The normalized spacial score (nSPS) is 12.8. The zero-order chi connectivity index (χ0) is 12.4. The number of fused-ring (bicyclic) bond motifs is 1. The number of thiophene rings is 1. The third-order valence-electron chi connectivity index (χ3n) is 2.32. The van der Waals surface area contributed by atoms with E-state index in [4.69, 9.17) is 5.11 Å². The molecule has 0 bridgehead atoms. The Labute approximate surface area is 107 Å². The second kappa shape index (κ2) is 5.01. The molecular weight excluding hydrogens is 256 g/mol. The van der Waals surface area contributed by atoms with E-state index in [1.165, 1.54) is 18.1 Å². The molecule has 17 heavy (non-hydrogen) atoms. The summed E-state index contributed by atoms with van der Waals surface area (Å²) >= 11 is 2.89. The minimum absolute atomic E-state index is 0.451. The lowest BCUT2D eigenvalue weighted by Gasteiger charge is -2.08. The van der Waals surface area contributed by atoms with Gasteiger partial charge in [-0.1, -0.05) is 18.7 Å². The monoisotopic (exact) mass is 268 g/mol. The molecule has 4 nitrogen and oxygen atoms in total. The van der Waals surface area contributed by atoms with Gasteiger partial charge in [-0.3, -0.25) is 4.79 Å². The number of rotatable bonds is 4. The zero-order valence-electron chi connectivity index (χ0n) is 9.51. The maximum absolute atomic E-state index is 11.0. The van der Waals surface area contributed by atoms with Gasteiger partial charge in [-0.2, -0.15) is 0 Å². The Bertz CT molecular complexity index is 553. The van der Waals surface area contributed by atoms with E-state index in [0.29, 0.717) is 6.42 Å². The van der Waals surface area contributed by atoms with Crippen LogP contribution < -0.4 is 0 Å². The van der Waals surface area contributed by atoms with Crippen molar-refractivity contribution in [3.63, 3.8) is 0 Å². The highest BCUT2D eigenvalue weighted by atomic mass is 32.2. The van der Waals surface area contributed by atoms with Gasteiger partial charge in [-0.05, 0) is 19.4 Å². The predicted molar refractivity (Wildman–Crippen MR) is 69.7 cm³/mol. The summed E-state index contributed by atoms with van der Waals surface area (Å²) in [6.45, 7) is 3.87. The van der Waals surface area contributed by atoms with E-state index in [1.807, 2.05) is 19.9 Å². The maximum Gasteiger partial charge on any atom is 0.317 e. The van der Waals surface area contributed by atoms with Crippen LogP contribution in [-0.4, -0.2) is 26.3 Å². The topological polar surface area (TPSA) is 63.1 Å². The van der Waals surface area contributed by atoms with Crippen LogP contribution >= 0.6 is 23.1 Å². The van der Waals surface area contributed by atoms with Crippen molar-refractivity contribution in [2.45, 2.75) is 30.5 Å². The van der Waals surface area contributed by atoms with Gasteiger partial charge in [0, 0.05) is 10.3 Å². The lowest BCUT2D eigenvalue weighted by molar-refractivity contribution is -0.136. The molecule has 0 spiro atoms. The van der Waals surface area contributed by atoms with Crippen LogP contribution in [0.5, 0.6) is 0 Å². The van der Waals surface area contributed by atoms with Gasteiger partial charge in [0.25, 0.3) is 0 Å². The van der Waals surface area contributed by atoms with Gasteiger partial charge in [0.05, 0.1) is 0 Å². The molecule has 2 rings (SSSR count). The molecule has 6 heteroatoms.